The van der Waals surface area contributed by atoms with Crippen molar-refractivity contribution in [1.82, 2.24) is 0 Å². The van der Waals surface area contributed by atoms with Crippen molar-refractivity contribution in [2.24, 2.45) is 38.9 Å². The number of Topliss-reactive ketones (excluding diaryl/α,β-unsaturated/α-hetero) is 2. The molecule has 0 radical (unpaired) electrons. The van der Waals surface area contributed by atoms with Crippen molar-refractivity contribution in [3.8, 4) is 0 Å². The van der Waals surface area contributed by atoms with Crippen molar-refractivity contribution in [2.75, 3.05) is 7.11 Å². The highest BCUT2D eigenvalue weighted by Gasteiger charge is 2.85. The highest BCUT2D eigenvalue weighted by atomic mass is 16.5. The zero-order chi connectivity index (χ0) is 27.3. The summed E-state index contributed by atoms with van der Waals surface area (Å²) in [4.78, 5) is 66.6. The van der Waals surface area contributed by atoms with Crippen LogP contribution < -0.4 is 0 Å². The van der Waals surface area contributed by atoms with Crippen molar-refractivity contribution < 1.29 is 38.6 Å². The van der Waals surface area contributed by atoms with Crippen LogP contribution in [0.2, 0.25) is 0 Å². The number of fused-ring (bicyclic) bond motifs is 5. The fourth-order valence-electron chi connectivity index (χ4n) is 9.19. The Kier molecular flexibility index (Phi) is 5.63. The molecular weight excluding hydrogens is 464 g/mol. The van der Waals surface area contributed by atoms with Crippen LogP contribution in [0.4, 0.5) is 0 Å². The third-order valence-corrected chi connectivity index (χ3v) is 10.9. The van der Waals surface area contributed by atoms with Gasteiger partial charge >= 0.3 is 11.9 Å². The second kappa shape index (κ2) is 7.59. The summed E-state index contributed by atoms with van der Waals surface area (Å²) in [5.41, 5.74) is -8.18. The third-order valence-electron chi connectivity index (χ3n) is 10.9. The molecule has 4 aliphatic carbocycles. The number of carbonyl (C=O) groups excluding carboxylic acids is 5. The standard InChI is InChI=1S/C28H38O8/c1-15-13-18-24(5,28(22(33)35-8)21(32)26(7,34)20(31)25(15,28)6)11-9-17-23(3,4)19(36-16(2)30)10-12-27(17,18)14-29/h13-14,17-19,34H,9-12H2,1-8H3/t17-,18-,19+,24-,25-,26-,27-,28+/m1/s1. The van der Waals surface area contributed by atoms with Crippen LogP contribution in [0, 0.1) is 38.9 Å². The number of methoxy groups -OCH3 is 1. The Morgan fingerprint density at radius 1 is 1.06 bits per heavy atom. The molecule has 4 rings (SSSR count). The van der Waals surface area contributed by atoms with Crippen molar-refractivity contribution in [3.05, 3.63) is 11.6 Å². The zero-order valence-corrected chi connectivity index (χ0v) is 22.5. The molecule has 0 bridgehead atoms. The van der Waals surface area contributed by atoms with Gasteiger partial charge in [-0.25, -0.2) is 0 Å². The van der Waals surface area contributed by atoms with Gasteiger partial charge in [0.15, 0.2) is 22.6 Å². The van der Waals surface area contributed by atoms with Gasteiger partial charge in [0.05, 0.1) is 12.5 Å². The molecule has 0 aromatic rings. The van der Waals surface area contributed by atoms with E-state index in [2.05, 4.69) is 0 Å². The lowest BCUT2D eigenvalue weighted by atomic mass is 9.34. The van der Waals surface area contributed by atoms with E-state index in [-0.39, 0.29) is 18.0 Å². The Hall–Kier alpha value is -2.35. The molecule has 3 saturated carbocycles. The molecule has 1 N–H and O–H groups in total. The Morgan fingerprint density at radius 3 is 2.19 bits per heavy atom. The summed E-state index contributed by atoms with van der Waals surface area (Å²) in [6.07, 6.45) is 4.16. The predicted molar refractivity (Wildman–Crippen MR) is 128 cm³/mol. The first-order valence-corrected chi connectivity index (χ1v) is 12.7. The molecule has 3 fully saturated rings. The number of rotatable bonds is 3. The monoisotopic (exact) mass is 502 g/mol. The van der Waals surface area contributed by atoms with Crippen LogP contribution in [-0.4, -0.2) is 53.7 Å². The number of esters is 2. The summed E-state index contributed by atoms with van der Waals surface area (Å²) in [6, 6.07) is 0. The average molecular weight is 503 g/mol. The average Bonchev–Trinajstić information content (AvgIpc) is 2.93. The van der Waals surface area contributed by atoms with E-state index in [9.17, 15) is 29.1 Å². The Balaban J connectivity index is 2.01. The lowest BCUT2D eigenvalue weighted by Crippen LogP contribution is -2.70. The minimum atomic E-state index is -2.37. The van der Waals surface area contributed by atoms with E-state index in [0.717, 1.165) is 13.2 Å². The molecule has 0 unspecified atom stereocenters. The summed E-state index contributed by atoms with van der Waals surface area (Å²) in [7, 11) is 1.18. The van der Waals surface area contributed by atoms with Crippen molar-refractivity contribution in [1.29, 1.82) is 0 Å². The molecule has 198 valence electrons. The van der Waals surface area contributed by atoms with Crippen molar-refractivity contribution >= 4 is 29.8 Å². The van der Waals surface area contributed by atoms with Gasteiger partial charge in [-0.05, 0) is 63.7 Å². The number of ether oxygens (including phenoxy) is 2. The van der Waals surface area contributed by atoms with Gasteiger partial charge in [0.1, 0.15) is 12.4 Å². The number of aldehydes is 1. The number of ketones is 2. The molecule has 0 aromatic carbocycles. The van der Waals surface area contributed by atoms with Crippen LogP contribution in [-0.2, 0) is 33.4 Å². The smallest absolute Gasteiger partial charge is 0.321 e. The number of aliphatic hydroxyl groups is 1. The summed E-state index contributed by atoms with van der Waals surface area (Å²) < 4.78 is 10.9. The second-order valence-electron chi connectivity index (χ2n) is 12.6. The minimum Gasteiger partial charge on any atom is -0.468 e. The molecule has 8 nitrogen and oxygen atoms in total. The maximum Gasteiger partial charge on any atom is 0.321 e. The van der Waals surface area contributed by atoms with Gasteiger partial charge in [0.2, 0.25) is 0 Å². The molecule has 4 aliphatic rings. The molecule has 36 heavy (non-hydrogen) atoms. The summed E-state index contributed by atoms with van der Waals surface area (Å²) >= 11 is 0. The Labute approximate surface area is 212 Å². The normalized spacial score (nSPS) is 47.1. The summed E-state index contributed by atoms with van der Waals surface area (Å²) in [5.74, 6) is -3.58. The predicted octanol–water partition coefficient (Wildman–Crippen LogP) is 2.98. The van der Waals surface area contributed by atoms with E-state index in [4.69, 9.17) is 9.47 Å². The first kappa shape index (κ1) is 26.7. The van der Waals surface area contributed by atoms with Crippen LogP contribution in [0.5, 0.6) is 0 Å². The number of carbonyl (C=O) groups is 5. The highest BCUT2D eigenvalue weighted by molar-refractivity contribution is 6.30. The van der Waals surface area contributed by atoms with Crippen LogP contribution in [0.25, 0.3) is 0 Å². The van der Waals surface area contributed by atoms with E-state index in [1.54, 1.807) is 20.8 Å². The largest absolute Gasteiger partial charge is 0.468 e. The number of allylic oxidation sites excluding steroid dienone is 2. The zero-order valence-electron chi connectivity index (χ0n) is 22.5. The quantitative estimate of drug-likeness (QED) is 0.270. The van der Waals surface area contributed by atoms with Gasteiger partial charge in [0, 0.05) is 17.8 Å². The van der Waals surface area contributed by atoms with E-state index < -0.39 is 56.1 Å². The number of hydrogen-bond donors (Lipinski definition) is 1. The van der Waals surface area contributed by atoms with Gasteiger partial charge in [-0.15, -0.1) is 0 Å². The van der Waals surface area contributed by atoms with Crippen LogP contribution in [0.15, 0.2) is 11.6 Å². The van der Waals surface area contributed by atoms with Gasteiger partial charge < -0.3 is 19.4 Å². The molecular formula is C28H38O8. The lowest BCUT2D eigenvalue weighted by molar-refractivity contribution is -0.217. The molecule has 8 atom stereocenters. The van der Waals surface area contributed by atoms with Gasteiger partial charge in [0.25, 0.3) is 0 Å². The van der Waals surface area contributed by atoms with Gasteiger partial charge in [-0.3, -0.25) is 19.2 Å². The van der Waals surface area contributed by atoms with Crippen molar-refractivity contribution in [2.45, 2.75) is 85.9 Å². The van der Waals surface area contributed by atoms with Crippen LogP contribution >= 0.6 is 0 Å². The minimum absolute atomic E-state index is 0.200. The van der Waals surface area contributed by atoms with E-state index in [1.807, 2.05) is 19.9 Å². The first-order chi connectivity index (χ1) is 16.5. The molecule has 0 saturated heterocycles. The van der Waals surface area contributed by atoms with E-state index in [1.165, 1.54) is 14.0 Å². The molecule has 0 spiro atoms. The van der Waals surface area contributed by atoms with Crippen molar-refractivity contribution in [3.63, 3.8) is 0 Å². The van der Waals surface area contributed by atoms with Crippen LogP contribution in [0.3, 0.4) is 0 Å². The summed E-state index contributed by atoms with van der Waals surface area (Å²) in [6.45, 7) is 11.6. The SMILES string of the molecule is COC(=O)[C@]12C(=O)[C@](C)(O)C(=O)[C@@]1(C)C(C)=C[C@H]1[C@@]3(C=O)CC[C@H](OC(C)=O)C(C)(C)[C@H]3CC[C@]12C. The topological polar surface area (TPSA) is 124 Å². The van der Waals surface area contributed by atoms with Crippen LogP contribution in [0.1, 0.15) is 74.1 Å². The van der Waals surface area contributed by atoms with E-state index in [0.29, 0.717) is 31.3 Å². The van der Waals surface area contributed by atoms with E-state index >= 15 is 0 Å². The molecule has 0 heterocycles. The molecule has 0 aromatic heterocycles. The lowest BCUT2D eigenvalue weighted by Gasteiger charge is -2.67. The molecule has 0 aliphatic heterocycles. The first-order valence-electron chi connectivity index (χ1n) is 12.7. The molecule has 8 heteroatoms. The Morgan fingerprint density at radius 2 is 1.67 bits per heavy atom. The fraction of sp³-hybridized carbons (Fsp3) is 0.750. The number of hydrogen-bond acceptors (Lipinski definition) is 8. The second-order valence-corrected chi connectivity index (χ2v) is 12.6. The highest BCUT2D eigenvalue weighted by Crippen LogP contribution is 2.76. The van der Waals surface area contributed by atoms with Gasteiger partial charge in [-0.2, -0.15) is 0 Å². The third kappa shape index (κ3) is 2.61. The van der Waals surface area contributed by atoms with Gasteiger partial charge in [-0.1, -0.05) is 32.4 Å². The molecule has 0 amide bonds. The maximum absolute atomic E-state index is 14.1. The summed E-state index contributed by atoms with van der Waals surface area (Å²) in [5, 5.41) is 11.2. The maximum atomic E-state index is 14.1. The Bertz CT molecular complexity index is 1100. The fourth-order valence-corrected chi connectivity index (χ4v) is 9.19.